The second-order valence-electron chi connectivity index (χ2n) is 7.93. The molecule has 0 saturated carbocycles. The van der Waals surface area contributed by atoms with Crippen LogP contribution in [0.1, 0.15) is 30.5 Å². The monoisotopic (exact) mass is 395 g/mol. The lowest BCUT2D eigenvalue weighted by atomic mass is 9.98. The first-order valence-electron chi connectivity index (χ1n) is 10.5. The molecule has 28 heavy (non-hydrogen) atoms. The predicted molar refractivity (Wildman–Crippen MR) is 116 cm³/mol. The Labute approximate surface area is 172 Å². The van der Waals surface area contributed by atoms with E-state index in [9.17, 15) is 0 Å². The summed E-state index contributed by atoms with van der Waals surface area (Å²) in [7, 11) is 0. The number of anilines is 1. The maximum Gasteiger partial charge on any atom is 0.136 e. The Morgan fingerprint density at radius 1 is 1.04 bits per heavy atom. The Bertz CT molecular complexity index is 849. The Kier molecular flexibility index (Phi) is 4.99. The van der Waals surface area contributed by atoms with Gasteiger partial charge in [0.05, 0.1) is 18.3 Å². The van der Waals surface area contributed by atoms with Gasteiger partial charge >= 0.3 is 0 Å². The molecule has 1 fully saturated rings. The van der Waals surface area contributed by atoms with Crippen LogP contribution in [0.2, 0.25) is 0 Å². The minimum atomic E-state index is 0.367. The van der Waals surface area contributed by atoms with E-state index in [1.807, 2.05) is 11.8 Å². The zero-order valence-electron chi connectivity index (χ0n) is 16.8. The first kappa shape index (κ1) is 18.3. The summed E-state index contributed by atoms with van der Waals surface area (Å²) in [6, 6.07) is 15.7. The van der Waals surface area contributed by atoms with Gasteiger partial charge in [-0.1, -0.05) is 49.0 Å². The van der Waals surface area contributed by atoms with E-state index in [1.165, 1.54) is 34.8 Å². The van der Waals surface area contributed by atoms with Crippen molar-refractivity contribution in [3.05, 3.63) is 53.6 Å². The molecule has 0 bridgehead atoms. The summed E-state index contributed by atoms with van der Waals surface area (Å²) in [6.07, 6.45) is 1.04. The lowest BCUT2D eigenvalue weighted by molar-refractivity contribution is 0.122. The van der Waals surface area contributed by atoms with Crippen molar-refractivity contribution in [2.24, 2.45) is 0 Å². The maximum atomic E-state index is 5.99. The Balaban J connectivity index is 1.53. The van der Waals surface area contributed by atoms with E-state index in [1.54, 1.807) is 0 Å². The quantitative estimate of drug-likeness (QED) is 0.767. The minimum Gasteiger partial charge on any atom is -0.493 e. The normalized spacial score (nSPS) is 25.3. The Hall–Kier alpha value is -1.69. The number of piperazine rings is 1. The highest BCUT2D eigenvalue weighted by Gasteiger charge is 2.42. The van der Waals surface area contributed by atoms with Gasteiger partial charge in [-0.05, 0) is 31.2 Å². The molecule has 0 N–H and O–H groups in total. The van der Waals surface area contributed by atoms with Crippen LogP contribution in [0.3, 0.4) is 0 Å². The van der Waals surface area contributed by atoms with Crippen molar-refractivity contribution < 1.29 is 4.74 Å². The lowest BCUT2D eigenvalue weighted by Gasteiger charge is -2.45. The van der Waals surface area contributed by atoms with Crippen molar-refractivity contribution in [3.8, 4) is 5.75 Å². The fourth-order valence-electron chi connectivity index (χ4n) is 4.81. The number of aryl methyl sites for hydroxylation is 1. The van der Waals surface area contributed by atoms with Crippen molar-refractivity contribution in [2.75, 3.05) is 44.2 Å². The van der Waals surface area contributed by atoms with E-state index in [0.29, 0.717) is 11.5 Å². The molecule has 0 spiro atoms. The number of ether oxygens (including phenoxy) is 1. The van der Waals surface area contributed by atoms with E-state index in [2.05, 4.69) is 71.0 Å². The first-order valence-corrected chi connectivity index (χ1v) is 11.4. The van der Waals surface area contributed by atoms with Gasteiger partial charge in [-0.3, -0.25) is 4.90 Å². The zero-order valence-corrected chi connectivity index (χ0v) is 17.6. The summed E-state index contributed by atoms with van der Waals surface area (Å²) in [5.74, 6) is 1.06. The molecule has 0 radical (unpaired) electrons. The number of nitrogens with zero attached hydrogens (tertiary/aromatic N) is 3. The van der Waals surface area contributed by atoms with Crippen molar-refractivity contribution in [2.45, 2.75) is 36.7 Å². The van der Waals surface area contributed by atoms with Crippen LogP contribution >= 0.6 is 11.8 Å². The van der Waals surface area contributed by atoms with Gasteiger partial charge in [0.25, 0.3) is 0 Å². The molecule has 3 aliphatic heterocycles. The number of para-hydroxylation sites is 2. The van der Waals surface area contributed by atoms with E-state index in [-0.39, 0.29) is 0 Å². The highest BCUT2D eigenvalue weighted by molar-refractivity contribution is 8.00. The van der Waals surface area contributed by atoms with Gasteiger partial charge in [0, 0.05) is 43.1 Å². The van der Waals surface area contributed by atoms with Crippen molar-refractivity contribution in [3.63, 3.8) is 0 Å². The molecule has 4 nitrogen and oxygen atoms in total. The van der Waals surface area contributed by atoms with Crippen LogP contribution in [0.15, 0.2) is 47.4 Å². The fourth-order valence-corrected chi connectivity index (χ4v) is 6.30. The summed E-state index contributed by atoms with van der Waals surface area (Å²) >= 11 is 2.03. The third-order valence-electron chi connectivity index (χ3n) is 6.36. The SMILES string of the molecule is CCN1CCN([C@@H]2Sc3cccc(C)c3N2C2CCOc3ccccc32)CC1. The predicted octanol–water partition coefficient (Wildman–Crippen LogP) is 4.35. The van der Waals surface area contributed by atoms with Gasteiger partial charge in [-0.25, -0.2) is 0 Å². The topological polar surface area (TPSA) is 19.0 Å². The molecule has 2 aromatic rings. The van der Waals surface area contributed by atoms with Crippen LogP contribution in [-0.2, 0) is 0 Å². The smallest absolute Gasteiger partial charge is 0.136 e. The van der Waals surface area contributed by atoms with E-state index < -0.39 is 0 Å². The molecule has 0 amide bonds. The van der Waals surface area contributed by atoms with Crippen molar-refractivity contribution in [1.29, 1.82) is 0 Å². The van der Waals surface area contributed by atoms with Gasteiger partial charge < -0.3 is 14.5 Å². The average molecular weight is 396 g/mol. The molecule has 1 saturated heterocycles. The van der Waals surface area contributed by atoms with Gasteiger partial charge in [0.2, 0.25) is 0 Å². The summed E-state index contributed by atoms with van der Waals surface area (Å²) in [5.41, 5.74) is 4.51. The summed E-state index contributed by atoms with van der Waals surface area (Å²) in [5, 5.41) is 0. The number of hydrogen-bond acceptors (Lipinski definition) is 5. The van der Waals surface area contributed by atoms with Crippen LogP contribution in [0, 0.1) is 6.92 Å². The third kappa shape index (κ3) is 3.10. The number of rotatable bonds is 3. The summed E-state index contributed by atoms with van der Waals surface area (Å²) in [4.78, 5) is 9.38. The summed E-state index contributed by atoms with van der Waals surface area (Å²) < 4.78 is 5.99. The van der Waals surface area contributed by atoms with Crippen LogP contribution in [-0.4, -0.2) is 54.6 Å². The fraction of sp³-hybridized carbons (Fsp3) is 0.478. The largest absolute Gasteiger partial charge is 0.493 e. The number of hydrogen-bond donors (Lipinski definition) is 0. The molecule has 1 unspecified atom stereocenters. The molecule has 0 aliphatic carbocycles. The maximum absolute atomic E-state index is 5.99. The minimum absolute atomic E-state index is 0.367. The van der Waals surface area contributed by atoms with Gasteiger partial charge in [0.15, 0.2) is 0 Å². The Morgan fingerprint density at radius 2 is 1.86 bits per heavy atom. The van der Waals surface area contributed by atoms with E-state index in [0.717, 1.165) is 38.4 Å². The van der Waals surface area contributed by atoms with Gasteiger partial charge in [-0.2, -0.15) is 0 Å². The molecule has 5 heteroatoms. The molecule has 148 valence electrons. The molecular formula is C23H29N3OS. The molecule has 3 heterocycles. The van der Waals surface area contributed by atoms with Crippen LogP contribution < -0.4 is 9.64 Å². The highest BCUT2D eigenvalue weighted by atomic mass is 32.2. The second kappa shape index (κ2) is 7.62. The van der Waals surface area contributed by atoms with Crippen LogP contribution in [0.5, 0.6) is 5.75 Å². The van der Waals surface area contributed by atoms with Crippen molar-refractivity contribution in [1.82, 2.24) is 9.80 Å². The molecular weight excluding hydrogens is 366 g/mol. The lowest BCUT2D eigenvalue weighted by Crippen LogP contribution is -2.54. The average Bonchev–Trinajstić information content (AvgIpc) is 3.14. The molecule has 2 atom stereocenters. The highest BCUT2D eigenvalue weighted by Crippen LogP contribution is 2.52. The molecule has 0 aromatic heterocycles. The van der Waals surface area contributed by atoms with Crippen LogP contribution in [0.25, 0.3) is 0 Å². The molecule has 5 rings (SSSR count). The molecule has 3 aliphatic rings. The second-order valence-corrected chi connectivity index (χ2v) is 9.03. The van der Waals surface area contributed by atoms with Gasteiger partial charge in [-0.15, -0.1) is 0 Å². The third-order valence-corrected chi connectivity index (χ3v) is 7.68. The number of fused-ring (bicyclic) bond motifs is 2. The number of benzene rings is 2. The standard InChI is InChI=1S/C23H29N3OS/c1-3-24-12-14-25(15-13-24)23-26(22-17(2)7-6-10-21(22)28-23)19-11-16-27-20-9-5-4-8-18(19)20/h4-10,19,23H,3,11-16H2,1-2H3/t19?,23-/m0/s1. The number of thioether (sulfide) groups is 1. The van der Waals surface area contributed by atoms with Crippen molar-refractivity contribution >= 4 is 17.4 Å². The van der Waals surface area contributed by atoms with Crippen LogP contribution in [0.4, 0.5) is 5.69 Å². The van der Waals surface area contributed by atoms with E-state index in [4.69, 9.17) is 4.74 Å². The molecule has 2 aromatic carbocycles. The van der Waals surface area contributed by atoms with Gasteiger partial charge in [0.1, 0.15) is 11.2 Å². The number of likely N-dealkylation sites (N-methyl/N-ethyl adjacent to an activating group) is 1. The zero-order chi connectivity index (χ0) is 19.1. The van der Waals surface area contributed by atoms with E-state index >= 15 is 0 Å². The first-order chi connectivity index (χ1) is 13.8. The Morgan fingerprint density at radius 3 is 2.68 bits per heavy atom. The summed E-state index contributed by atoms with van der Waals surface area (Å²) in [6.45, 7) is 11.1.